The van der Waals surface area contributed by atoms with Crippen LogP contribution >= 0.6 is 11.7 Å². The van der Waals surface area contributed by atoms with E-state index in [0.717, 1.165) is 17.0 Å². The van der Waals surface area contributed by atoms with Crippen molar-refractivity contribution in [3.8, 4) is 0 Å². The highest BCUT2D eigenvalue weighted by Crippen LogP contribution is 2.19. The first-order chi connectivity index (χ1) is 7.31. The van der Waals surface area contributed by atoms with E-state index in [9.17, 15) is 0 Å². The molecule has 15 heavy (non-hydrogen) atoms. The van der Waals surface area contributed by atoms with Crippen LogP contribution in [0.15, 0.2) is 24.5 Å². The molecule has 0 aliphatic heterocycles. The summed E-state index contributed by atoms with van der Waals surface area (Å²) in [5.74, 6) is 0. The van der Waals surface area contributed by atoms with Crippen molar-refractivity contribution in [1.82, 2.24) is 19.0 Å². The van der Waals surface area contributed by atoms with Crippen molar-refractivity contribution in [2.75, 3.05) is 7.05 Å². The van der Waals surface area contributed by atoms with E-state index >= 15 is 0 Å². The molecular formula is C10H12N4S. The Labute approximate surface area is 92.7 Å². The van der Waals surface area contributed by atoms with Crippen LogP contribution in [0.1, 0.15) is 23.0 Å². The maximum atomic E-state index is 4.27. The molecule has 1 unspecified atom stereocenters. The van der Waals surface area contributed by atoms with Gasteiger partial charge in [-0.2, -0.15) is 8.75 Å². The van der Waals surface area contributed by atoms with Gasteiger partial charge in [0.25, 0.3) is 0 Å². The first kappa shape index (κ1) is 10.2. The van der Waals surface area contributed by atoms with Gasteiger partial charge in [-0.15, -0.1) is 0 Å². The van der Waals surface area contributed by atoms with Gasteiger partial charge in [-0.25, -0.2) is 0 Å². The fraction of sp³-hybridized carbons (Fsp3) is 0.300. The van der Waals surface area contributed by atoms with Crippen molar-refractivity contribution in [1.29, 1.82) is 0 Å². The van der Waals surface area contributed by atoms with Gasteiger partial charge in [0.1, 0.15) is 0 Å². The normalized spacial score (nSPS) is 12.7. The summed E-state index contributed by atoms with van der Waals surface area (Å²) in [4.78, 5) is 4.27. The molecule has 0 amide bonds. The molecule has 1 atom stereocenters. The Bertz CT molecular complexity index is 409. The van der Waals surface area contributed by atoms with Crippen LogP contribution < -0.4 is 5.32 Å². The molecule has 2 rings (SSSR count). The van der Waals surface area contributed by atoms with Gasteiger partial charge >= 0.3 is 0 Å². The van der Waals surface area contributed by atoms with Gasteiger partial charge in [-0.3, -0.25) is 4.98 Å². The molecule has 2 aromatic heterocycles. The van der Waals surface area contributed by atoms with Gasteiger partial charge in [0, 0.05) is 11.9 Å². The van der Waals surface area contributed by atoms with Gasteiger partial charge in [-0.1, -0.05) is 6.07 Å². The zero-order valence-electron chi connectivity index (χ0n) is 8.64. The zero-order chi connectivity index (χ0) is 10.7. The first-order valence-electron chi connectivity index (χ1n) is 4.68. The second-order valence-corrected chi connectivity index (χ2v) is 3.84. The third-order valence-corrected chi connectivity index (χ3v) is 2.72. The quantitative estimate of drug-likeness (QED) is 0.852. The summed E-state index contributed by atoms with van der Waals surface area (Å²) in [6.45, 7) is 1.97. The summed E-state index contributed by atoms with van der Waals surface area (Å²) in [6, 6.07) is 4.14. The molecule has 0 aliphatic carbocycles. The van der Waals surface area contributed by atoms with Crippen LogP contribution in [-0.2, 0) is 0 Å². The average molecular weight is 220 g/mol. The summed E-state index contributed by atoms with van der Waals surface area (Å²) in [5, 5.41) is 3.20. The highest BCUT2D eigenvalue weighted by molar-refractivity contribution is 6.99. The Morgan fingerprint density at radius 3 is 2.73 bits per heavy atom. The molecule has 1 N–H and O–H groups in total. The molecule has 0 aromatic carbocycles. The van der Waals surface area contributed by atoms with Crippen LogP contribution in [0.4, 0.5) is 0 Å². The average Bonchev–Trinajstić information content (AvgIpc) is 2.75. The standard InChI is InChI=1S/C10H12N4S/c1-7-3-4-8(5-12-7)10(11-2)9-6-13-15-14-9/h3-6,10-11H,1-2H3. The summed E-state index contributed by atoms with van der Waals surface area (Å²) >= 11 is 1.22. The number of aryl methyl sites for hydroxylation is 1. The van der Waals surface area contributed by atoms with Crippen LogP contribution in [0.3, 0.4) is 0 Å². The van der Waals surface area contributed by atoms with Crippen molar-refractivity contribution in [2.45, 2.75) is 13.0 Å². The first-order valence-corrected chi connectivity index (χ1v) is 5.41. The molecule has 4 nitrogen and oxygen atoms in total. The number of hydrogen-bond acceptors (Lipinski definition) is 5. The molecule has 0 aliphatic rings. The highest BCUT2D eigenvalue weighted by Gasteiger charge is 2.14. The maximum Gasteiger partial charge on any atom is 0.0958 e. The second kappa shape index (κ2) is 4.46. The lowest BCUT2D eigenvalue weighted by molar-refractivity contribution is 0.674. The lowest BCUT2D eigenvalue weighted by atomic mass is 10.1. The molecule has 0 spiro atoms. The largest absolute Gasteiger partial charge is 0.308 e. The summed E-state index contributed by atoms with van der Waals surface area (Å²) in [6.07, 6.45) is 3.65. The smallest absolute Gasteiger partial charge is 0.0958 e. The maximum absolute atomic E-state index is 4.27. The lowest BCUT2D eigenvalue weighted by Gasteiger charge is -2.13. The minimum absolute atomic E-state index is 0.0804. The number of aromatic nitrogens is 3. The minimum atomic E-state index is 0.0804. The Hall–Kier alpha value is -1.33. The molecule has 5 heteroatoms. The topological polar surface area (TPSA) is 50.7 Å². The van der Waals surface area contributed by atoms with E-state index in [1.807, 2.05) is 26.2 Å². The van der Waals surface area contributed by atoms with E-state index in [4.69, 9.17) is 0 Å². The van der Waals surface area contributed by atoms with Crippen molar-refractivity contribution in [2.24, 2.45) is 0 Å². The fourth-order valence-corrected chi connectivity index (χ4v) is 1.88. The SMILES string of the molecule is CNC(c1ccc(C)nc1)c1cnsn1. The van der Waals surface area contributed by atoms with Gasteiger partial charge in [0.05, 0.1) is 29.7 Å². The van der Waals surface area contributed by atoms with Gasteiger partial charge < -0.3 is 5.32 Å². The van der Waals surface area contributed by atoms with E-state index in [1.165, 1.54) is 11.7 Å². The van der Waals surface area contributed by atoms with E-state index in [-0.39, 0.29) is 6.04 Å². The third-order valence-electron chi connectivity index (χ3n) is 2.23. The summed E-state index contributed by atoms with van der Waals surface area (Å²) < 4.78 is 8.23. The molecule has 0 saturated heterocycles. The molecule has 2 heterocycles. The molecule has 0 radical (unpaired) electrons. The number of pyridine rings is 1. The lowest BCUT2D eigenvalue weighted by Crippen LogP contribution is -2.18. The van der Waals surface area contributed by atoms with Crippen LogP contribution in [-0.4, -0.2) is 20.8 Å². The van der Waals surface area contributed by atoms with Crippen LogP contribution in [0.2, 0.25) is 0 Å². The van der Waals surface area contributed by atoms with Crippen LogP contribution in [0.5, 0.6) is 0 Å². The summed E-state index contributed by atoms with van der Waals surface area (Å²) in [5.41, 5.74) is 3.06. The monoisotopic (exact) mass is 220 g/mol. The van der Waals surface area contributed by atoms with Crippen LogP contribution in [0, 0.1) is 6.92 Å². The van der Waals surface area contributed by atoms with Crippen LogP contribution in [0.25, 0.3) is 0 Å². The molecular weight excluding hydrogens is 208 g/mol. The van der Waals surface area contributed by atoms with Gasteiger partial charge in [0.15, 0.2) is 0 Å². The number of hydrogen-bond donors (Lipinski definition) is 1. The van der Waals surface area contributed by atoms with E-state index < -0.39 is 0 Å². The van der Waals surface area contributed by atoms with Gasteiger partial charge in [-0.05, 0) is 25.6 Å². The van der Waals surface area contributed by atoms with Crippen molar-refractivity contribution >= 4 is 11.7 Å². The Kier molecular flexibility index (Phi) is 3.03. The van der Waals surface area contributed by atoms with E-state index in [2.05, 4.69) is 25.1 Å². The van der Waals surface area contributed by atoms with Crippen molar-refractivity contribution < 1.29 is 0 Å². The zero-order valence-corrected chi connectivity index (χ0v) is 9.45. The Balaban J connectivity index is 2.31. The Morgan fingerprint density at radius 1 is 1.33 bits per heavy atom. The van der Waals surface area contributed by atoms with Gasteiger partial charge in [0.2, 0.25) is 0 Å². The molecule has 78 valence electrons. The van der Waals surface area contributed by atoms with Crippen molar-refractivity contribution in [3.63, 3.8) is 0 Å². The predicted molar refractivity (Wildman–Crippen MR) is 59.8 cm³/mol. The summed E-state index contributed by atoms with van der Waals surface area (Å²) in [7, 11) is 1.91. The number of nitrogens with one attached hydrogen (secondary N) is 1. The Morgan fingerprint density at radius 2 is 2.20 bits per heavy atom. The molecule has 0 fully saturated rings. The highest BCUT2D eigenvalue weighted by atomic mass is 32.1. The fourth-order valence-electron chi connectivity index (χ4n) is 1.43. The van der Waals surface area contributed by atoms with E-state index in [1.54, 1.807) is 6.20 Å². The number of nitrogens with zero attached hydrogens (tertiary/aromatic N) is 3. The third kappa shape index (κ3) is 2.19. The molecule has 0 bridgehead atoms. The second-order valence-electron chi connectivity index (χ2n) is 3.29. The molecule has 2 aromatic rings. The molecule has 0 saturated carbocycles. The predicted octanol–water partition coefficient (Wildman–Crippen LogP) is 1.55. The van der Waals surface area contributed by atoms with Crippen molar-refractivity contribution in [3.05, 3.63) is 41.5 Å². The number of rotatable bonds is 3. The van der Waals surface area contributed by atoms with E-state index in [0.29, 0.717) is 0 Å². The minimum Gasteiger partial charge on any atom is -0.308 e.